The summed E-state index contributed by atoms with van der Waals surface area (Å²) in [5.41, 5.74) is 2.28. The Bertz CT molecular complexity index is 1030. The van der Waals surface area contributed by atoms with Gasteiger partial charge < -0.3 is 5.32 Å². The first-order valence-electron chi connectivity index (χ1n) is 8.53. The van der Waals surface area contributed by atoms with Gasteiger partial charge in [0.05, 0.1) is 11.4 Å². The summed E-state index contributed by atoms with van der Waals surface area (Å²) in [5.74, 6) is -0.361. The van der Waals surface area contributed by atoms with Crippen molar-refractivity contribution in [2.24, 2.45) is 0 Å². The van der Waals surface area contributed by atoms with E-state index in [4.69, 9.17) is 0 Å². The number of hydrogen-bond donors (Lipinski definition) is 1. The lowest BCUT2D eigenvalue weighted by atomic mass is 9.92. The lowest BCUT2D eigenvalue weighted by Gasteiger charge is -2.22. The van der Waals surface area contributed by atoms with Crippen LogP contribution in [0.3, 0.4) is 0 Å². The van der Waals surface area contributed by atoms with E-state index < -0.39 is 21.4 Å². The molecular formula is C20H22N2O4S. The average Bonchev–Trinajstić information content (AvgIpc) is 2.81. The largest absolute Gasteiger partial charge is 0.325 e. The van der Waals surface area contributed by atoms with Gasteiger partial charge in [-0.3, -0.25) is 9.69 Å². The Balaban J connectivity index is 1.91. The molecule has 1 atom stereocenters. The predicted octanol–water partition coefficient (Wildman–Crippen LogP) is 2.67. The van der Waals surface area contributed by atoms with E-state index in [1.165, 1.54) is 17.0 Å². The van der Waals surface area contributed by atoms with Crippen molar-refractivity contribution in [1.29, 1.82) is 0 Å². The van der Waals surface area contributed by atoms with Gasteiger partial charge in [-0.05, 0) is 49.6 Å². The highest BCUT2D eigenvalue weighted by atomic mass is 32.2. The van der Waals surface area contributed by atoms with Gasteiger partial charge in [0, 0.05) is 6.26 Å². The van der Waals surface area contributed by atoms with Crippen molar-refractivity contribution in [1.82, 2.24) is 10.2 Å². The number of nitrogens with one attached hydrogen (secondary N) is 1. The molecular weight excluding hydrogens is 364 g/mol. The van der Waals surface area contributed by atoms with Crippen LogP contribution in [0.2, 0.25) is 0 Å². The molecule has 0 saturated carbocycles. The second kappa shape index (κ2) is 6.49. The molecule has 1 unspecified atom stereocenters. The standard InChI is InChI=1S/C20H22N2O4S/c1-13-5-6-14(2)15(11-13)12-22-18(23)20(3,21-19(22)24)16-7-9-17(10-8-16)27(4,25)26/h5-11H,12H2,1-4H3,(H,21,24). The molecule has 7 heteroatoms. The molecule has 0 spiro atoms. The van der Waals surface area contributed by atoms with Crippen LogP contribution >= 0.6 is 0 Å². The van der Waals surface area contributed by atoms with Crippen LogP contribution in [0, 0.1) is 13.8 Å². The molecule has 1 aliphatic heterocycles. The average molecular weight is 386 g/mol. The third kappa shape index (κ3) is 3.47. The Kier molecular flexibility index (Phi) is 4.59. The lowest BCUT2D eigenvalue weighted by Crippen LogP contribution is -2.40. The molecule has 0 radical (unpaired) electrons. The van der Waals surface area contributed by atoms with Crippen molar-refractivity contribution in [2.75, 3.05) is 6.26 Å². The van der Waals surface area contributed by atoms with Crippen molar-refractivity contribution in [3.63, 3.8) is 0 Å². The number of benzene rings is 2. The molecule has 1 saturated heterocycles. The third-order valence-corrected chi connectivity index (χ3v) is 6.10. The zero-order valence-corrected chi connectivity index (χ0v) is 16.6. The van der Waals surface area contributed by atoms with Gasteiger partial charge in [0.25, 0.3) is 5.91 Å². The Hall–Kier alpha value is -2.67. The fourth-order valence-electron chi connectivity index (χ4n) is 3.21. The minimum atomic E-state index is -3.33. The zero-order valence-electron chi connectivity index (χ0n) is 15.7. The van der Waals surface area contributed by atoms with Crippen LogP contribution < -0.4 is 5.32 Å². The number of hydrogen-bond acceptors (Lipinski definition) is 4. The van der Waals surface area contributed by atoms with Gasteiger partial charge in [0.15, 0.2) is 9.84 Å². The van der Waals surface area contributed by atoms with Gasteiger partial charge in [0.2, 0.25) is 0 Å². The van der Waals surface area contributed by atoms with E-state index in [-0.39, 0.29) is 17.3 Å². The highest BCUT2D eigenvalue weighted by Gasteiger charge is 2.49. The van der Waals surface area contributed by atoms with Gasteiger partial charge in [-0.2, -0.15) is 0 Å². The Labute approximate surface area is 159 Å². The maximum Gasteiger partial charge on any atom is 0.325 e. The molecule has 142 valence electrons. The summed E-state index contributed by atoms with van der Waals surface area (Å²) in [6.07, 6.45) is 1.12. The normalized spacial score (nSPS) is 20.1. The number of nitrogens with zero attached hydrogens (tertiary/aromatic N) is 1. The van der Waals surface area contributed by atoms with Gasteiger partial charge in [-0.25, -0.2) is 13.2 Å². The minimum absolute atomic E-state index is 0.166. The number of sulfone groups is 1. The van der Waals surface area contributed by atoms with E-state index in [0.29, 0.717) is 5.56 Å². The zero-order chi connectivity index (χ0) is 20.0. The number of aryl methyl sites for hydroxylation is 2. The monoisotopic (exact) mass is 386 g/mol. The van der Waals surface area contributed by atoms with Crippen molar-refractivity contribution in [3.05, 3.63) is 64.7 Å². The highest BCUT2D eigenvalue weighted by molar-refractivity contribution is 7.90. The number of urea groups is 1. The molecule has 27 heavy (non-hydrogen) atoms. The maximum atomic E-state index is 13.0. The van der Waals surface area contributed by atoms with E-state index in [1.807, 2.05) is 32.0 Å². The first kappa shape index (κ1) is 19.1. The summed E-state index contributed by atoms with van der Waals surface area (Å²) in [4.78, 5) is 26.9. The predicted molar refractivity (Wildman–Crippen MR) is 102 cm³/mol. The van der Waals surface area contributed by atoms with Crippen molar-refractivity contribution in [3.8, 4) is 0 Å². The van der Waals surface area contributed by atoms with Gasteiger partial charge in [-0.15, -0.1) is 0 Å². The summed E-state index contributed by atoms with van der Waals surface area (Å²) in [6.45, 7) is 5.72. The number of imide groups is 1. The smallest absolute Gasteiger partial charge is 0.319 e. The highest BCUT2D eigenvalue weighted by Crippen LogP contribution is 2.31. The van der Waals surface area contributed by atoms with E-state index >= 15 is 0 Å². The molecule has 3 amide bonds. The second-order valence-electron chi connectivity index (χ2n) is 7.17. The summed E-state index contributed by atoms with van der Waals surface area (Å²) in [5, 5.41) is 2.75. The van der Waals surface area contributed by atoms with Crippen molar-refractivity contribution in [2.45, 2.75) is 37.8 Å². The molecule has 6 nitrogen and oxygen atoms in total. The third-order valence-electron chi connectivity index (χ3n) is 4.97. The fourth-order valence-corrected chi connectivity index (χ4v) is 3.84. The van der Waals surface area contributed by atoms with Crippen LogP contribution in [0.15, 0.2) is 47.4 Å². The van der Waals surface area contributed by atoms with E-state index in [1.54, 1.807) is 19.1 Å². The Morgan fingerprint density at radius 2 is 1.67 bits per heavy atom. The number of amides is 3. The molecule has 2 aromatic carbocycles. The van der Waals surface area contributed by atoms with Crippen molar-refractivity contribution < 1.29 is 18.0 Å². The lowest BCUT2D eigenvalue weighted by molar-refractivity contribution is -0.131. The van der Waals surface area contributed by atoms with Crippen LogP contribution in [0.4, 0.5) is 4.79 Å². The van der Waals surface area contributed by atoms with Crippen molar-refractivity contribution >= 4 is 21.8 Å². The van der Waals surface area contributed by atoms with Crippen LogP contribution in [0.25, 0.3) is 0 Å². The van der Waals surface area contributed by atoms with Gasteiger partial charge in [-0.1, -0.05) is 35.9 Å². The van der Waals surface area contributed by atoms with Crippen LogP contribution in [-0.2, 0) is 26.7 Å². The molecule has 1 fully saturated rings. The van der Waals surface area contributed by atoms with Gasteiger partial charge >= 0.3 is 6.03 Å². The van der Waals surface area contributed by atoms with Crippen LogP contribution in [0.1, 0.15) is 29.2 Å². The molecule has 2 aromatic rings. The Morgan fingerprint density at radius 3 is 2.26 bits per heavy atom. The van der Waals surface area contributed by atoms with E-state index in [9.17, 15) is 18.0 Å². The quantitative estimate of drug-likeness (QED) is 0.819. The molecule has 0 aliphatic carbocycles. The summed E-state index contributed by atoms with van der Waals surface area (Å²) < 4.78 is 23.3. The molecule has 1 heterocycles. The summed E-state index contributed by atoms with van der Waals surface area (Å²) in [6, 6.07) is 11.5. The molecule has 1 N–H and O–H groups in total. The summed E-state index contributed by atoms with van der Waals surface area (Å²) >= 11 is 0. The van der Waals surface area contributed by atoms with E-state index in [0.717, 1.165) is 22.9 Å². The van der Waals surface area contributed by atoms with Crippen LogP contribution in [-0.4, -0.2) is 31.5 Å². The number of rotatable bonds is 4. The Morgan fingerprint density at radius 1 is 1.04 bits per heavy atom. The summed E-state index contributed by atoms with van der Waals surface area (Å²) in [7, 11) is -3.33. The maximum absolute atomic E-state index is 13.0. The SMILES string of the molecule is Cc1ccc(C)c(CN2C(=O)NC(C)(c3ccc(S(C)(=O)=O)cc3)C2=O)c1. The topological polar surface area (TPSA) is 83.6 Å². The number of carbonyl (C=O) groups is 2. The first-order chi connectivity index (χ1) is 12.5. The first-order valence-corrected chi connectivity index (χ1v) is 10.4. The minimum Gasteiger partial charge on any atom is -0.319 e. The molecule has 0 aromatic heterocycles. The van der Waals surface area contributed by atoms with Crippen LogP contribution in [0.5, 0.6) is 0 Å². The van der Waals surface area contributed by atoms with E-state index in [2.05, 4.69) is 5.32 Å². The second-order valence-corrected chi connectivity index (χ2v) is 9.19. The fraction of sp³-hybridized carbons (Fsp3) is 0.300. The number of carbonyl (C=O) groups excluding carboxylic acids is 2. The molecule has 3 rings (SSSR count). The molecule has 0 bridgehead atoms. The molecule has 1 aliphatic rings. The van der Waals surface area contributed by atoms with Gasteiger partial charge in [0.1, 0.15) is 5.54 Å².